The van der Waals surface area contributed by atoms with Gasteiger partial charge in [-0.25, -0.2) is 0 Å². The Bertz CT molecular complexity index is 448. The normalized spacial score (nSPS) is 11.9. The van der Waals surface area contributed by atoms with Gasteiger partial charge in [0.05, 0.1) is 16.6 Å². The van der Waals surface area contributed by atoms with Crippen LogP contribution in [0.3, 0.4) is 0 Å². The molecule has 0 bridgehead atoms. The smallest absolute Gasteiger partial charge is 0.270 e. The van der Waals surface area contributed by atoms with E-state index in [4.69, 9.17) is 5.11 Å². The highest BCUT2D eigenvalue weighted by atomic mass is 79.9. The summed E-state index contributed by atoms with van der Waals surface area (Å²) in [5.74, 6) is -0.396. The predicted octanol–water partition coefficient (Wildman–Crippen LogP) is 1.47. The van der Waals surface area contributed by atoms with Gasteiger partial charge in [0, 0.05) is 23.2 Å². The van der Waals surface area contributed by atoms with E-state index in [0.29, 0.717) is 4.47 Å². The van der Waals surface area contributed by atoms with Crippen LogP contribution in [0.2, 0.25) is 0 Å². The summed E-state index contributed by atoms with van der Waals surface area (Å²) in [5, 5.41) is 22.0. The van der Waals surface area contributed by atoms with Crippen molar-refractivity contribution in [3.8, 4) is 0 Å². The fourth-order valence-corrected chi connectivity index (χ4v) is 1.68. The van der Waals surface area contributed by atoms with Gasteiger partial charge in [0.1, 0.15) is 0 Å². The van der Waals surface area contributed by atoms with Crippen molar-refractivity contribution in [1.29, 1.82) is 0 Å². The first-order valence-electron chi connectivity index (χ1n) is 4.82. The van der Waals surface area contributed by atoms with E-state index < -0.39 is 16.9 Å². The number of nitrogens with one attached hydrogen (secondary N) is 1. The number of carbonyl (C=O) groups is 1. The first-order valence-corrected chi connectivity index (χ1v) is 5.61. The highest BCUT2D eigenvalue weighted by Gasteiger charge is 2.14. The molecule has 1 rings (SSSR count). The molecule has 92 valence electrons. The van der Waals surface area contributed by atoms with Gasteiger partial charge in [0.25, 0.3) is 11.6 Å². The average molecular weight is 303 g/mol. The molecule has 1 unspecified atom stereocenters. The maximum atomic E-state index is 11.6. The molecular formula is C10H11BrN2O4. The lowest BCUT2D eigenvalue weighted by molar-refractivity contribution is -0.384. The quantitative estimate of drug-likeness (QED) is 0.650. The Hall–Kier alpha value is -1.47. The summed E-state index contributed by atoms with van der Waals surface area (Å²) >= 11 is 3.10. The minimum Gasteiger partial charge on any atom is -0.392 e. The van der Waals surface area contributed by atoms with Gasteiger partial charge in [-0.05, 0) is 28.9 Å². The number of benzene rings is 1. The molecule has 0 radical (unpaired) electrons. The highest BCUT2D eigenvalue weighted by molar-refractivity contribution is 9.10. The number of amides is 1. The number of hydrogen-bond donors (Lipinski definition) is 2. The van der Waals surface area contributed by atoms with Crippen molar-refractivity contribution in [2.24, 2.45) is 0 Å². The van der Waals surface area contributed by atoms with Crippen molar-refractivity contribution >= 4 is 27.5 Å². The van der Waals surface area contributed by atoms with Gasteiger partial charge in [-0.15, -0.1) is 0 Å². The van der Waals surface area contributed by atoms with Crippen LogP contribution in [-0.4, -0.2) is 28.6 Å². The monoisotopic (exact) mass is 302 g/mol. The first kappa shape index (κ1) is 13.6. The number of nitrogens with zero attached hydrogens (tertiary/aromatic N) is 1. The lowest BCUT2D eigenvalue weighted by Crippen LogP contribution is -2.30. The molecule has 0 aliphatic heterocycles. The number of nitro benzene ring substituents is 1. The van der Waals surface area contributed by atoms with Gasteiger partial charge in [-0.2, -0.15) is 0 Å². The first-order chi connectivity index (χ1) is 7.91. The second kappa shape index (κ2) is 5.74. The zero-order chi connectivity index (χ0) is 13.0. The minimum absolute atomic E-state index is 0.0936. The van der Waals surface area contributed by atoms with Crippen LogP contribution in [0, 0.1) is 10.1 Å². The molecular weight excluding hydrogens is 292 g/mol. The van der Waals surface area contributed by atoms with Crippen molar-refractivity contribution in [1.82, 2.24) is 5.32 Å². The fourth-order valence-electron chi connectivity index (χ4n) is 1.14. The van der Waals surface area contributed by atoms with Crippen LogP contribution in [0.15, 0.2) is 22.7 Å². The van der Waals surface area contributed by atoms with E-state index in [9.17, 15) is 14.9 Å². The van der Waals surface area contributed by atoms with Crippen LogP contribution in [0.1, 0.15) is 17.3 Å². The maximum absolute atomic E-state index is 11.6. The molecule has 6 nitrogen and oxygen atoms in total. The third kappa shape index (κ3) is 3.79. The van der Waals surface area contributed by atoms with Gasteiger partial charge in [-0.3, -0.25) is 14.9 Å². The molecule has 2 N–H and O–H groups in total. The minimum atomic E-state index is -0.643. The van der Waals surface area contributed by atoms with Gasteiger partial charge in [0.15, 0.2) is 0 Å². The van der Waals surface area contributed by atoms with Crippen LogP contribution in [-0.2, 0) is 0 Å². The van der Waals surface area contributed by atoms with Crippen LogP contribution >= 0.6 is 15.9 Å². The Balaban J connectivity index is 2.85. The van der Waals surface area contributed by atoms with E-state index in [0.717, 1.165) is 0 Å². The molecule has 1 atom stereocenters. The third-order valence-electron chi connectivity index (χ3n) is 1.97. The Morgan fingerprint density at radius 1 is 1.65 bits per heavy atom. The van der Waals surface area contributed by atoms with Crippen LogP contribution in [0.5, 0.6) is 0 Å². The summed E-state index contributed by atoms with van der Waals surface area (Å²) in [4.78, 5) is 21.6. The molecule has 0 aliphatic carbocycles. The number of carbonyl (C=O) groups excluding carboxylic acids is 1. The Labute approximate surface area is 106 Å². The average Bonchev–Trinajstić information content (AvgIpc) is 2.25. The van der Waals surface area contributed by atoms with E-state index in [-0.39, 0.29) is 17.8 Å². The topological polar surface area (TPSA) is 92.5 Å². The Kier molecular flexibility index (Phi) is 4.59. The van der Waals surface area contributed by atoms with Crippen molar-refractivity contribution in [2.75, 3.05) is 6.54 Å². The molecule has 0 aliphatic rings. The number of aliphatic hydroxyl groups excluding tert-OH is 1. The Morgan fingerprint density at radius 3 is 2.76 bits per heavy atom. The lowest BCUT2D eigenvalue weighted by atomic mass is 10.2. The third-order valence-corrected chi connectivity index (χ3v) is 2.62. The predicted molar refractivity (Wildman–Crippen MR) is 64.8 cm³/mol. The number of hydrogen-bond acceptors (Lipinski definition) is 4. The molecule has 1 amide bonds. The van der Waals surface area contributed by atoms with Crippen molar-refractivity contribution < 1.29 is 14.8 Å². The molecule has 0 aromatic heterocycles. The van der Waals surface area contributed by atoms with E-state index >= 15 is 0 Å². The van der Waals surface area contributed by atoms with Crippen LogP contribution < -0.4 is 5.32 Å². The molecule has 7 heteroatoms. The van der Waals surface area contributed by atoms with E-state index in [2.05, 4.69) is 21.2 Å². The fraction of sp³-hybridized carbons (Fsp3) is 0.300. The second-order valence-electron chi connectivity index (χ2n) is 3.48. The Morgan fingerprint density at radius 2 is 2.29 bits per heavy atom. The molecule has 1 aromatic rings. The number of halogens is 1. The standard InChI is InChI=1S/C10H11BrN2O4/c1-6(14)5-12-10(15)8-3-2-7(13(16)17)4-9(8)11/h2-4,6,14H,5H2,1H3,(H,12,15). The van der Waals surface area contributed by atoms with Crippen molar-refractivity contribution in [3.63, 3.8) is 0 Å². The van der Waals surface area contributed by atoms with Gasteiger partial charge in [-0.1, -0.05) is 0 Å². The SMILES string of the molecule is CC(O)CNC(=O)c1ccc([N+](=O)[O-])cc1Br. The summed E-state index contributed by atoms with van der Waals surface area (Å²) in [6.07, 6.45) is -0.643. The summed E-state index contributed by atoms with van der Waals surface area (Å²) in [5.41, 5.74) is 0.195. The zero-order valence-corrected chi connectivity index (χ0v) is 10.6. The highest BCUT2D eigenvalue weighted by Crippen LogP contribution is 2.22. The number of non-ortho nitro benzene ring substituents is 1. The number of aliphatic hydroxyl groups is 1. The van der Waals surface area contributed by atoms with Crippen molar-refractivity contribution in [3.05, 3.63) is 38.3 Å². The summed E-state index contributed by atoms with van der Waals surface area (Å²) in [6.45, 7) is 1.67. The summed E-state index contributed by atoms with van der Waals surface area (Å²) in [6, 6.07) is 3.87. The van der Waals surface area contributed by atoms with E-state index in [1.807, 2.05) is 0 Å². The van der Waals surface area contributed by atoms with Gasteiger partial charge < -0.3 is 10.4 Å². The van der Waals surface area contributed by atoms with Crippen molar-refractivity contribution in [2.45, 2.75) is 13.0 Å². The molecule has 0 saturated carbocycles. The largest absolute Gasteiger partial charge is 0.392 e. The van der Waals surface area contributed by atoms with Crippen LogP contribution in [0.25, 0.3) is 0 Å². The van der Waals surface area contributed by atoms with Crippen LogP contribution in [0.4, 0.5) is 5.69 Å². The molecule has 0 heterocycles. The summed E-state index contributed by atoms with van der Waals surface area (Å²) in [7, 11) is 0. The second-order valence-corrected chi connectivity index (χ2v) is 4.33. The van der Waals surface area contributed by atoms with E-state index in [1.165, 1.54) is 18.2 Å². The molecule has 0 spiro atoms. The van der Waals surface area contributed by atoms with E-state index in [1.54, 1.807) is 6.92 Å². The molecule has 0 fully saturated rings. The molecule has 17 heavy (non-hydrogen) atoms. The zero-order valence-electron chi connectivity index (χ0n) is 9.01. The number of nitro groups is 1. The summed E-state index contributed by atoms with van der Waals surface area (Å²) < 4.78 is 0.342. The molecule has 0 saturated heterocycles. The number of rotatable bonds is 4. The van der Waals surface area contributed by atoms with Gasteiger partial charge >= 0.3 is 0 Å². The lowest BCUT2D eigenvalue weighted by Gasteiger charge is -2.08. The molecule has 1 aromatic carbocycles. The van der Waals surface area contributed by atoms with Gasteiger partial charge in [0.2, 0.25) is 0 Å². The maximum Gasteiger partial charge on any atom is 0.270 e.